The number of carbonyl (C=O) groups excluding carboxylic acids is 3. The number of esters is 3. The van der Waals surface area contributed by atoms with Crippen molar-refractivity contribution < 1.29 is 28.6 Å². The van der Waals surface area contributed by atoms with Crippen LogP contribution in [0.4, 0.5) is 0 Å². The first kappa shape index (κ1) is 61.9. The lowest BCUT2D eigenvalue weighted by Crippen LogP contribution is -2.30. The Labute approximate surface area is 402 Å². The molecule has 1 atom stereocenters. The molecule has 0 aliphatic rings. The average Bonchev–Trinajstić information content (AvgIpc) is 3.30. The van der Waals surface area contributed by atoms with Crippen molar-refractivity contribution in [2.75, 3.05) is 13.2 Å². The van der Waals surface area contributed by atoms with Gasteiger partial charge < -0.3 is 14.2 Å². The van der Waals surface area contributed by atoms with Gasteiger partial charge in [-0.25, -0.2) is 0 Å². The van der Waals surface area contributed by atoms with Crippen molar-refractivity contribution in [2.45, 2.75) is 271 Å². The molecule has 0 radical (unpaired) electrons. The summed E-state index contributed by atoms with van der Waals surface area (Å²) in [5.41, 5.74) is 0. The highest BCUT2D eigenvalue weighted by atomic mass is 16.6. The zero-order valence-corrected chi connectivity index (χ0v) is 42.7. The summed E-state index contributed by atoms with van der Waals surface area (Å²) in [6, 6.07) is 0. The fourth-order valence-electron chi connectivity index (χ4n) is 7.58. The average molecular weight is 907 g/mol. The lowest BCUT2D eigenvalue weighted by molar-refractivity contribution is -0.167. The second-order valence-corrected chi connectivity index (χ2v) is 18.2. The molecule has 0 saturated heterocycles. The molecule has 0 bridgehead atoms. The van der Waals surface area contributed by atoms with Crippen LogP contribution in [0, 0.1) is 0 Å². The second-order valence-electron chi connectivity index (χ2n) is 18.2. The van der Waals surface area contributed by atoms with E-state index in [0.29, 0.717) is 19.3 Å². The van der Waals surface area contributed by atoms with Crippen molar-refractivity contribution in [3.05, 3.63) is 72.9 Å². The van der Waals surface area contributed by atoms with Crippen LogP contribution in [0.25, 0.3) is 0 Å². The molecular formula is C59H102O6. The van der Waals surface area contributed by atoms with Gasteiger partial charge in [-0.1, -0.05) is 222 Å². The number of unbranched alkanes of at least 4 members (excludes halogenated alkanes) is 28. The van der Waals surface area contributed by atoms with Gasteiger partial charge in [-0.3, -0.25) is 14.4 Å². The summed E-state index contributed by atoms with van der Waals surface area (Å²) in [7, 11) is 0. The predicted molar refractivity (Wildman–Crippen MR) is 279 cm³/mol. The number of carbonyl (C=O) groups is 3. The molecule has 0 aliphatic carbocycles. The third-order valence-corrected chi connectivity index (χ3v) is 11.7. The Morgan fingerprint density at radius 2 is 0.662 bits per heavy atom. The molecule has 0 saturated carbocycles. The zero-order chi connectivity index (χ0) is 47.2. The Morgan fingerprint density at radius 1 is 0.338 bits per heavy atom. The summed E-state index contributed by atoms with van der Waals surface area (Å²) in [6.45, 7) is 6.46. The molecule has 0 rings (SSSR count). The molecular weight excluding hydrogens is 805 g/mol. The minimum atomic E-state index is -0.789. The van der Waals surface area contributed by atoms with Gasteiger partial charge in [0.05, 0.1) is 0 Å². The number of rotatable bonds is 49. The molecule has 0 aromatic rings. The highest BCUT2D eigenvalue weighted by Gasteiger charge is 2.19. The van der Waals surface area contributed by atoms with Crippen LogP contribution < -0.4 is 0 Å². The second kappa shape index (κ2) is 53.5. The van der Waals surface area contributed by atoms with Crippen molar-refractivity contribution >= 4 is 17.9 Å². The van der Waals surface area contributed by atoms with Crippen molar-refractivity contribution in [1.29, 1.82) is 0 Å². The van der Waals surface area contributed by atoms with Crippen LogP contribution in [-0.4, -0.2) is 37.2 Å². The largest absolute Gasteiger partial charge is 0.462 e. The molecule has 65 heavy (non-hydrogen) atoms. The summed E-state index contributed by atoms with van der Waals surface area (Å²) >= 11 is 0. The van der Waals surface area contributed by atoms with E-state index in [1.165, 1.54) is 128 Å². The normalized spacial score (nSPS) is 12.6. The summed E-state index contributed by atoms with van der Waals surface area (Å²) in [5, 5.41) is 0. The van der Waals surface area contributed by atoms with E-state index in [-0.39, 0.29) is 31.1 Å². The first-order valence-electron chi connectivity index (χ1n) is 27.5. The van der Waals surface area contributed by atoms with Gasteiger partial charge in [0.25, 0.3) is 0 Å². The molecule has 0 spiro atoms. The van der Waals surface area contributed by atoms with Crippen LogP contribution in [0.2, 0.25) is 0 Å². The Balaban J connectivity index is 4.41. The predicted octanol–water partition coefficient (Wildman–Crippen LogP) is 18.2. The van der Waals surface area contributed by atoms with Crippen LogP contribution in [0.3, 0.4) is 0 Å². The summed E-state index contributed by atoms with van der Waals surface area (Å²) < 4.78 is 16.8. The molecule has 0 aromatic heterocycles. The minimum Gasteiger partial charge on any atom is -0.462 e. The van der Waals surface area contributed by atoms with E-state index in [1.807, 2.05) is 0 Å². The van der Waals surface area contributed by atoms with Gasteiger partial charge >= 0.3 is 17.9 Å². The van der Waals surface area contributed by atoms with Gasteiger partial charge in [0.15, 0.2) is 6.10 Å². The van der Waals surface area contributed by atoms with E-state index < -0.39 is 6.10 Å². The van der Waals surface area contributed by atoms with E-state index in [2.05, 4.69) is 93.7 Å². The SMILES string of the molecule is CC\C=C/C=C\C=C/CCCCCCCC(=O)OCC(COC(=O)CCCCCCCCC/C=C\C/C=C\CCCCC)OC(=O)CCCCCCCCC/C=C\CCCCCCCC. The van der Waals surface area contributed by atoms with Gasteiger partial charge in [-0.15, -0.1) is 0 Å². The fraction of sp³-hybridized carbons (Fsp3) is 0.746. The monoisotopic (exact) mass is 907 g/mol. The molecule has 0 fully saturated rings. The van der Waals surface area contributed by atoms with Crippen LogP contribution >= 0.6 is 0 Å². The highest BCUT2D eigenvalue weighted by molar-refractivity contribution is 5.71. The van der Waals surface area contributed by atoms with Crippen molar-refractivity contribution in [3.63, 3.8) is 0 Å². The van der Waals surface area contributed by atoms with Gasteiger partial charge in [-0.05, 0) is 96.3 Å². The summed E-state index contributed by atoms with van der Waals surface area (Å²) in [4.78, 5) is 38.1. The summed E-state index contributed by atoms with van der Waals surface area (Å²) in [5.74, 6) is -0.915. The number of hydrogen-bond acceptors (Lipinski definition) is 6. The molecule has 6 heteroatoms. The van der Waals surface area contributed by atoms with Crippen LogP contribution in [-0.2, 0) is 28.6 Å². The molecule has 0 heterocycles. The van der Waals surface area contributed by atoms with Gasteiger partial charge in [0.2, 0.25) is 0 Å². The zero-order valence-electron chi connectivity index (χ0n) is 42.7. The number of hydrogen-bond donors (Lipinski definition) is 0. The van der Waals surface area contributed by atoms with Gasteiger partial charge in [0.1, 0.15) is 13.2 Å². The van der Waals surface area contributed by atoms with E-state index >= 15 is 0 Å². The topological polar surface area (TPSA) is 78.9 Å². The van der Waals surface area contributed by atoms with E-state index in [4.69, 9.17) is 14.2 Å². The van der Waals surface area contributed by atoms with Crippen LogP contribution in [0.5, 0.6) is 0 Å². The molecule has 374 valence electrons. The molecule has 0 N–H and O–H groups in total. The Hall–Kier alpha value is -3.15. The van der Waals surface area contributed by atoms with Gasteiger partial charge in [0, 0.05) is 19.3 Å². The van der Waals surface area contributed by atoms with Crippen molar-refractivity contribution in [1.82, 2.24) is 0 Å². The van der Waals surface area contributed by atoms with Gasteiger partial charge in [-0.2, -0.15) is 0 Å². The highest BCUT2D eigenvalue weighted by Crippen LogP contribution is 2.15. The van der Waals surface area contributed by atoms with E-state index in [1.54, 1.807) is 0 Å². The maximum absolute atomic E-state index is 12.8. The third kappa shape index (κ3) is 51.7. The Kier molecular flexibility index (Phi) is 50.9. The first-order chi connectivity index (χ1) is 32.0. The lowest BCUT2D eigenvalue weighted by Gasteiger charge is -2.18. The van der Waals surface area contributed by atoms with Crippen LogP contribution in [0.1, 0.15) is 265 Å². The number of ether oxygens (including phenoxy) is 3. The van der Waals surface area contributed by atoms with E-state index in [0.717, 1.165) is 96.3 Å². The number of allylic oxidation sites excluding steroid dienone is 12. The maximum Gasteiger partial charge on any atom is 0.306 e. The van der Waals surface area contributed by atoms with Crippen molar-refractivity contribution in [2.24, 2.45) is 0 Å². The maximum atomic E-state index is 12.8. The quantitative estimate of drug-likeness (QED) is 0.0199. The molecule has 0 amide bonds. The standard InChI is InChI=1S/C59H102O6/c1-4-7-10-13-16-19-22-25-27-29-31-34-37-40-43-46-49-52-58(61)64-55-56(54-63-57(60)51-48-45-42-39-36-33-24-21-18-15-12-9-6-3)65-59(62)53-50-47-44-41-38-35-32-30-28-26-23-20-17-14-11-8-5-2/h9,12,15-16,18-19,21,24-28,56H,4-8,10-11,13-14,17,20,22-23,29-55H2,1-3H3/b12-9-,18-15-,19-16-,24-21-,27-25-,28-26-. The minimum absolute atomic E-state index is 0.0878. The molecule has 0 aliphatic heterocycles. The smallest absolute Gasteiger partial charge is 0.306 e. The van der Waals surface area contributed by atoms with Crippen LogP contribution in [0.15, 0.2) is 72.9 Å². The Bertz CT molecular complexity index is 1230. The summed E-state index contributed by atoms with van der Waals surface area (Å²) in [6.07, 6.45) is 67.4. The molecule has 6 nitrogen and oxygen atoms in total. The Morgan fingerprint density at radius 3 is 1.09 bits per heavy atom. The van der Waals surface area contributed by atoms with E-state index in [9.17, 15) is 14.4 Å². The lowest BCUT2D eigenvalue weighted by atomic mass is 10.1. The molecule has 0 aromatic carbocycles. The third-order valence-electron chi connectivity index (χ3n) is 11.7. The van der Waals surface area contributed by atoms with Crippen molar-refractivity contribution in [3.8, 4) is 0 Å². The fourth-order valence-corrected chi connectivity index (χ4v) is 7.58. The first-order valence-corrected chi connectivity index (χ1v) is 27.5. The molecule has 1 unspecified atom stereocenters.